The number of nitrogens with zero attached hydrogens (tertiary/aromatic N) is 1. The minimum absolute atomic E-state index is 0.0207. The second-order valence-electron chi connectivity index (χ2n) is 8.63. The summed E-state index contributed by atoms with van der Waals surface area (Å²) in [6.07, 6.45) is 2.95. The first-order valence-corrected chi connectivity index (χ1v) is 13.4. The average Bonchev–Trinajstić information content (AvgIpc) is 3.46. The van der Waals surface area contributed by atoms with Crippen LogP contribution in [0, 0.1) is 3.57 Å². The van der Waals surface area contributed by atoms with E-state index in [1.54, 1.807) is 84.9 Å². The molecule has 1 aliphatic rings. The van der Waals surface area contributed by atoms with Gasteiger partial charge in [0, 0.05) is 9.13 Å². The number of benzene rings is 4. The summed E-state index contributed by atoms with van der Waals surface area (Å²) < 4.78 is 17.0. The SMILES string of the molecule is O=C(N/N=C\c1ccc(OC(=O)c2ccccc2I)cc1)/C(=C\c1ccc2c(c1)OCO2)NC(=O)c1ccccc1. The van der Waals surface area contributed by atoms with Crippen molar-refractivity contribution in [1.29, 1.82) is 0 Å². The van der Waals surface area contributed by atoms with Crippen LogP contribution in [0.4, 0.5) is 0 Å². The van der Waals surface area contributed by atoms with Gasteiger partial charge in [0.25, 0.3) is 11.8 Å². The first-order chi connectivity index (χ1) is 20.0. The van der Waals surface area contributed by atoms with Gasteiger partial charge in [0.05, 0.1) is 11.8 Å². The lowest BCUT2D eigenvalue weighted by Crippen LogP contribution is -2.32. The third kappa shape index (κ3) is 7.17. The molecular weight excluding hydrogens is 637 g/mol. The number of ether oxygens (including phenoxy) is 3. The van der Waals surface area contributed by atoms with Gasteiger partial charge in [-0.2, -0.15) is 5.10 Å². The molecule has 0 fully saturated rings. The number of hydrogen-bond acceptors (Lipinski definition) is 7. The van der Waals surface area contributed by atoms with Crippen molar-refractivity contribution in [1.82, 2.24) is 10.7 Å². The molecule has 5 rings (SSSR count). The molecule has 0 bridgehead atoms. The fraction of sp³-hybridized carbons (Fsp3) is 0.0323. The lowest BCUT2D eigenvalue weighted by atomic mass is 10.1. The van der Waals surface area contributed by atoms with Gasteiger partial charge in [-0.3, -0.25) is 9.59 Å². The van der Waals surface area contributed by atoms with Crippen LogP contribution in [0.25, 0.3) is 6.08 Å². The Kier molecular flexibility index (Phi) is 8.70. The molecule has 0 aliphatic carbocycles. The molecule has 2 amide bonds. The largest absolute Gasteiger partial charge is 0.454 e. The topological polar surface area (TPSA) is 115 Å². The summed E-state index contributed by atoms with van der Waals surface area (Å²) in [5.74, 6) is -0.0325. The Bertz CT molecular complexity index is 1650. The highest BCUT2D eigenvalue weighted by Crippen LogP contribution is 2.33. The molecule has 0 saturated carbocycles. The summed E-state index contributed by atoms with van der Waals surface area (Å²) >= 11 is 2.08. The predicted molar refractivity (Wildman–Crippen MR) is 161 cm³/mol. The van der Waals surface area contributed by atoms with E-state index in [1.165, 1.54) is 12.3 Å². The summed E-state index contributed by atoms with van der Waals surface area (Å²) in [5.41, 5.74) is 4.55. The normalized spacial score (nSPS) is 12.2. The summed E-state index contributed by atoms with van der Waals surface area (Å²) in [4.78, 5) is 38.3. The quantitative estimate of drug-likeness (QED) is 0.0675. The molecule has 0 radical (unpaired) electrons. The first kappa shape index (κ1) is 27.6. The minimum atomic E-state index is -0.633. The Morgan fingerprint density at radius 3 is 2.32 bits per heavy atom. The fourth-order valence-electron chi connectivity index (χ4n) is 3.75. The minimum Gasteiger partial charge on any atom is -0.454 e. The maximum Gasteiger partial charge on any atom is 0.344 e. The molecule has 4 aromatic rings. The fourth-order valence-corrected chi connectivity index (χ4v) is 4.36. The molecule has 0 unspecified atom stereocenters. The van der Waals surface area contributed by atoms with Crippen molar-refractivity contribution < 1.29 is 28.6 Å². The zero-order valence-electron chi connectivity index (χ0n) is 21.4. The van der Waals surface area contributed by atoms with Crippen molar-refractivity contribution in [2.24, 2.45) is 5.10 Å². The number of hydrazone groups is 1. The molecular formula is C31H22IN3O6. The van der Waals surface area contributed by atoms with Gasteiger partial charge in [-0.1, -0.05) is 36.4 Å². The van der Waals surface area contributed by atoms with Gasteiger partial charge in [-0.15, -0.1) is 0 Å². The van der Waals surface area contributed by atoms with Gasteiger partial charge in [0.1, 0.15) is 11.4 Å². The number of halogens is 1. The molecule has 1 aliphatic heterocycles. The lowest BCUT2D eigenvalue weighted by Gasteiger charge is -2.09. The number of esters is 1. The van der Waals surface area contributed by atoms with Gasteiger partial charge < -0.3 is 19.5 Å². The van der Waals surface area contributed by atoms with Crippen molar-refractivity contribution in [2.45, 2.75) is 0 Å². The first-order valence-electron chi connectivity index (χ1n) is 12.3. The van der Waals surface area contributed by atoms with E-state index in [0.29, 0.717) is 39.5 Å². The van der Waals surface area contributed by atoms with Crippen LogP contribution in [0.15, 0.2) is 108 Å². The van der Waals surface area contributed by atoms with Crippen molar-refractivity contribution in [3.05, 3.63) is 129 Å². The van der Waals surface area contributed by atoms with Crippen molar-refractivity contribution in [3.63, 3.8) is 0 Å². The third-order valence-corrected chi connectivity index (χ3v) is 6.74. The highest BCUT2D eigenvalue weighted by Gasteiger charge is 2.17. The summed E-state index contributed by atoms with van der Waals surface area (Å²) in [6.45, 7) is 0.116. The van der Waals surface area contributed by atoms with Crippen LogP contribution in [0.2, 0.25) is 0 Å². The number of amides is 2. The number of carbonyl (C=O) groups is 3. The number of carbonyl (C=O) groups excluding carboxylic acids is 3. The highest BCUT2D eigenvalue weighted by atomic mass is 127. The van der Waals surface area contributed by atoms with E-state index in [-0.39, 0.29) is 12.5 Å². The zero-order valence-corrected chi connectivity index (χ0v) is 23.5. The van der Waals surface area contributed by atoms with Gasteiger partial charge in [0.2, 0.25) is 6.79 Å². The van der Waals surface area contributed by atoms with E-state index in [1.807, 2.05) is 12.1 Å². The van der Waals surface area contributed by atoms with E-state index in [2.05, 4.69) is 38.4 Å². The third-order valence-electron chi connectivity index (χ3n) is 5.80. The van der Waals surface area contributed by atoms with Crippen LogP contribution < -0.4 is 25.0 Å². The van der Waals surface area contributed by atoms with Crippen molar-refractivity contribution in [2.75, 3.05) is 6.79 Å². The summed E-state index contributed by atoms with van der Waals surface area (Å²) in [5, 5.41) is 6.68. The number of nitrogens with one attached hydrogen (secondary N) is 2. The van der Waals surface area contributed by atoms with Crippen LogP contribution >= 0.6 is 22.6 Å². The molecule has 41 heavy (non-hydrogen) atoms. The number of fused-ring (bicyclic) bond motifs is 1. The summed E-state index contributed by atoms with van der Waals surface area (Å²) in [7, 11) is 0. The molecule has 0 aromatic heterocycles. The Hall–Kier alpha value is -4.97. The van der Waals surface area contributed by atoms with E-state index in [4.69, 9.17) is 14.2 Å². The molecule has 0 atom stereocenters. The number of hydrogen-bond donors (Lipinski definition) is 2. The molecule has 9 nitrogen and oxygen atoms in total. The molecule has 4 aromatic carbocycles. The molecule has 204 valence electrons. The molecule has 10 heteroatoms. The van der Waals surface area contributed by atoms with Gasteiger partial charge in [0.15, 0.2) is 11.5 Å². The van der Waals surface area contributed by atoms with Crippen LogP contribution in [-0.4, -0.2) is 30.8 Å². The van der Waals surface area contributed by atoms with Crippen LogP contribution in [0.5, 0.6) is 17.2 Å². The maximum atomic E-state index is 13.1. The lowest BCUT2D eigenvalue weighted by molar-refractivity contribution is -0.117. The average molecular weight is 659 g/mol. The van der Waals surface area contributed by atoms with Gasteiger partial charge >= 0.3 is 5.97 Å². The van der Waals surface area contributed by atoms with Crippen LogP contribution in [0.1, 0.15) is 31.8 Å². The van der Waals surface area contributed by atoms with E-state index in [9.17, 15) is 14.4 Å². The second-order valence-corrected chi connectivity index (χ2v) is 9.79. The Labute approximate surface area is 249 Å². The van der Waals surface area contributed by atoms with Gasteiger partial charge in [-0.25, -0.2) is 10.2 Å². The molecule has 2 N–H and O–H groups in total. The molecule has 0 spiro atoms. The highest BCUT2D eigenvalue weighted by molar-refractivity contribution is 14.1. The molecule has 1 heterocycles. The summed E-state index contributed by atoms with van der Waals surface area (Å²) in [6, 6.07) is 27.5. The maximum absolute atomic E-state index is 13.1. The van der Waals surface area contributed by atoms with E-state index < -0.39 is 17.8 Å². The predicted octanol–water partition coefficient (Wildman–Crippen LogP) is 5.16. The van der Waals surface area contributed by atoms with Crippen molar-refractivity contribution in [3.8, 4) is 17.2 Å². The Morgan fingerprint density at radius 1 is 0.829 bits per heavy atom. The smallest absolute Gasteiger partial charge is 0.344 e. The standard InChI is InChI=1S/C31H22IN3O6/c32-25-9-5-4-8-24(25)31(38)41-23-13-10-20(11-14-23)18-33-35-30(37)26(34-29(36)22-6-2-1-3-7-22)16-21-12-15-27-28(17-21)40-19-39-27/h1-18H,19H2,(H,34,36)(H,35,37)/b26-16+,33-18-. The van der Waals surface area contributed by atoms with Crippen LogP contribution in [-0.2, 0) is 4.79 Å². The Morgan fingerprint density at radius 2 is 1.54 bits per heavy atom. The van der Waals surface area contributed by atoms with Crippen molar-refractivity contribution >= 4 is 52.7 Å². The van der Waals surface area contributed by atoms with E-state index >= 15 is 0 Å². The Balaban J connectivity index is 1.26. The second kappa shape index (κ2) is 12.9. The van der Waals surface area contributed by atoms with Crippen LogP contribution in [0.3, 0.4) is 0 Å². The zero-order chi connectivity index (χ0) is 28.6. The van der Waals surface area contributed by atoms with E-state index in [0.717, 1.165) is 3.57 Å². The monoisotopic (exact) mass is 659 g/mol. The number of rotatable bonds is 8. The molecule has 0 saturated heterocycles. The van der Waals surface area contributed by atoms with Gasteiger partial charge in [-0.05, 0) is 100 Å².